The minimum absolute atomic E-state index is 0.209. The maximum Gasteiger partial charge on any atom is 0.191 e. The highest BCUT2D eigenvalue weighted by atomic mass is 19.1. The molecule has 27 heavy (non-hydrogen) atoms. The van der Waals surface area contributed by atoms with Crippen LogP contribution in [-0.4, -0.2) is 34.2 Å². The van der Waals surface area contributed by atoms with Crippen LogP contribution in [0.15, 0.2) is 59.9 Å². The number of nitrogens with zero attached hydrogens (tertiary/aromatic N) is 3. The molecule has 7 heteroatoms. The summed E-state index contributed by atoms with van der Waals surface area (Å²) in [6.07, 6.45) is 2.22. The van der Waals surface area contributed by atoms with Crippen molar-refractivity contribution in [1.29, 1.82) is 0 Å². The molecule has 3 N–H and O–H groups in total. The fourth-order valence-corrected chi connectivity index (χ4v) is 2.69. The van der Waals surface area contributed by atoms with E-state index >= 15 is 0 Å². The lowest BCUT2D eigenvalue weighted by molar-refractivity contribution is 0.625. The van der Waals surface area contributed by atoms with E-state index in [-0.39, 0.29) is 5.82 Å². The zero-order valence-corrected chi connectivity index (χ0v) is 15.2. The third kappa shape index (κ3) is 5.64. The van der Waals surface area contributed by atoms with Gasteiger partial charge in [0.1, 0.15) is 12.1 Å². The third-order valence-electron chi connectivity index (χ3n) is 3.97. The van der Waals surface area contributed by atoms with E-state index in [2.05, 4.69) is 30.8 Å². The molecule has 140 valence electrons. The lowest BCUT2D eigenvalue weighted by Gasteiger charge is -2.11. The Bertz CT molecular complexity index is 876. The summed E-state index contributed by atoms with van der Waals surface area (Å²) in [6.45, 7) is 4.00. The van der Waals surface area contributed by atoms with Gasteiger partial charge in [-0.25, -0.2) is 14.4 Å². The van der Waals surface area contributed by atoms with Crippen LogP contribution < -0.4 is 10.6 Å². The molecule has 0 aliphatic rings. The number of H-pyrrole nitrogens is 1. The van der Waals surface area contributed by atoms with E-state index in [1.165, 1.54) is 12.4 Å². The maximum absolute atomic E-state index is 13.2. The highest BCUT2D eigenvalue weighted by molar-refractivity contribution is 5.79. The molecular weight excluding hydrogens is 343 g/mol. The lowest BCUT2D eigenvalue weighted by Crippen LogP contribution is -2.38. The summed E-state index contributed by atoms with van der Waals surface area (Å²) in [6, 6.07) is 14.7. The van der Waals surface area contributed by atoms with Crippen LogP contribution >= 0.6 is 0 Å². The molecule has 0 atom stereocenters. The Labute approximate surface area is 158 Å². The van der Waals surface area contributed by atoms with E-state index in [1.54, 1.807) is 12.1 Å². The zero-order chi connectivity index (χ0) is 18.9. The predicted octanol–water partition coefficient (Wildman–Crippen LogP) is 2.91. The van der Waals surface area contributed by atoms with Gasteiger partial charge in [-0.2, -0.15) is 5.10 Å². The SMILES string of the molecule is CCNC(=NCc1cccc(-c2ncn[nH]2)c1)NCCc1cccc(F)c1. The van der Waals surface area contributed by atoms with Gasteiger partial charge in [0.15, 0.2) is 11.8 Å². The Kier molecular flexibility index (Phi) is 6.51. The van der Waals surface area contributed by atoms with Crippen molar-refractivity contribution in [3.05, 3.63) is 71.8 Å². The van der Waals surface area contributed by atoms with Crippen LogP contribution in [-0.2, 0) is 13.0 Å². The van der Waals surface area contributed by atoms with E-state index < -0.39 is 0 Å². The number of halogens is 1. The van der Waals surface area contributed by atoms with E-state index in [9.17, 15) is 4.39 Å². The fraction of sp³-hybridized carbons (Fsp3) is 0.250. The molecule has 2 aromatic carbocycles. The van der Waals surface area contributed by atoms with Crippen molar-refractivity contribution in [2.75, 3.05) is 13.1 Å². The molecule has 3 aromatic rings. The molecule has 1 heterocycles. The molecular formula is C20H23FN6. The smallest absolute Gasteiger partial charge is 0.191 e. The van der Waals surface area contributed by atoms with Gasteiger partial charge in [-0.15, -0.1) is 0 Å². The van der Waals surface area contributed by atoms with Gasteiger partial charge >= 0.3 is 0 Å². The summed E-state index contributed by atoms with van der Waals surface area (Å²) in [4.78, 5) is 8.80. The Morgan fingerprint density at radius 2 is 1.96 bits per heavy atom. The second-order valence-electron chi connectivity index (χ2n) is 6.04. The average Bonchev–Trinajstić information content (AvgIpc) is 3.21. The molecule has 0 saturated carbocycles. The van der Waals surface area contributed by atoms with E-state index in [4.69, 9.17) is 0 Å². The van der Waals surface area contributed by atoms with Crippen molar-refractivity contribution >= 4 is 5.96 Å². The molecule has 0 radical (unpaired) electrons. The fourth-order valence-electron chi connectivity index (χ4n) is 2.69. The molecule has 0 bridgehead atoms. The molecule has 3 rings (SSSR count). The maximum atomic E-state index is 13.2. The van der Waals surface area contributed by atoms with Crippen molar-refractivity contribution in [2.24, 2.45) is 4.99 Å². The highest BCUT2D eigenvalue weighted by Gasteiger charge is 2.03. The van der Waals surface area contributed by atoms with Crippen LogP contribution in [0.5, 0.6) is 0 Å². The molecule has 0 amide bonds. The van der Waals surface area contributed by atoms with Gasteiger partial charge in [-0.05, 0) is 42.7 Å². The second-order valence-corrected chi connectivity index (χ2v) is 6.04. The first kappa shape index (κ1) is 18.6. The van der Waals surface area contributed by atoms with Crippen LogP contribution in [0.2, 0.25) is 0 Å². The monoisotopic (exact) mass is 366 g/mol. The largest absolute Gasteiger partial charge is 0.357 e. The van der Waals surface area contributed by atoms with Gasteiger partial charge in [0.25, 0.3) is 0 Å². The molecule has 0 spiro atoms. The van der Waals surface area contributed by atoms with Gasteiger partial charge < -0.3 is 10.6 Å². The number of hydrogen-bond acceptors (Lipinski definition) is 3. The number of guanidine groups is 1. The summed E-state index contributed by atoms with van der Waals surface area (Å²) in [5.74, 6) is 1.26. The van der Waals surface area contributed by atoms with Gasteiger partial charge in [0.2, 0.25) is 0 Å². The highest BCUT2D eigenvalue weighted by Crippen LogP contribution is 2.15. The van der Waals surface area contributed by atoms with Crippen LogP contribution in [0.1, 0.15) is 18.1 Å². The van der Waals surface area contributed by atoms with Crippen LogP contribution in [0.3, 0.4) is 0 Å². The normalized spacial score (nSPS) is 11.4. The molecule has 0 aliphatic heterocycles. The van der Waals surface area contributed by atoms with E-state index in [0.717, 1.165) is 41.4 Å². The van der Waals surface area contributed by atoms with Crippen molar-refractivity contribution in [2.45, 2.75) is 19.9 Å². The van der Waals surface area contributed by atoms with Gasteiger partial charge in [0.05, 0.1) is 6.54 Å². The van der Waals surface area contributed by atoms with Crippen molar-refractivity contribution in [3.8, 4) is 11.4 Å². The van der Waals surface area contributed by atoms with Crippen molar-refractivity contribution < 1.29 is 4.39 Å². The van der Waals surface area contributed by atoms with Gasteiger partial charge in [-0.1, -0.05) is 30.3 Å². The minimum atomic E-state index is -0.209. The van der Waals surface area contributed by atoms with Crippen molar-refractivity contribution in [3.63, 3.8) is 0 Å². The van der Waals surface area contributed by atoms with Crippen LogP contribution in [0.4, 0.5) is 4.39 Å². The summed E-state index contributed by atoms with van der Waals surface area (Å²) in [5.41, 5.74) is 3.01. The minimum Gasteiger partial charge on any atom is -0.357 e. The second kappa shape index (κ2) is 9.47. The molecule has 0 fully saturated rings. The van der Waals surface area contributed by atoms with E-state index in [1.807, 2.05) is 37.3 Å². The summed E-state index contributed by atoms with van der Waals surface area (Å²) < 4.78 is 13.2. The quantitative estimate of drug-likeness (QED) is 0.444. The van der Waals surface area contributed by atoms with Crippen LogP contribution in [0.25, 0.3) is 11.4 Å². The Balaban J connectivity index is 1.59. The number of rotatable bonds is 7. The summed E-state index contributed by atoms with van der Waals surface area (Å²) >= 11 is 0. The first-order valence-corrected chi connectivity index (χ1v) is 8.96. The van der Waals surface area contributed by atoms with E-state index in [0.29, 0.717) is 13.1 Å². The Morgan fingerprint density at radius 3 is 2.74 bits per heavy atom. The Morgan fingerprint density at radius 1 is 1.11 bits per heavy atom. The predicted molar refractivity (Wildman–Crippen MR) is 105 cm³/mol. The first-order valence-electron chi connectivity index (χ1n) is 8.96. The number of aliphatic imine (C=N–C) groups is 1. The standard InChI is InChI=1S/C20H23FN6/c1-2-22-20(23-10-9-15-5-4-8-18(21)12-15)24-13-16-6-3-7-17(11-16)19-25-14-26-27-19/h3-8,11-12,14H,2,9-10,13H2,1H3,(H2,22,23,24)(H,25,26,27). The summed E-state index contributed by atoms with van der Waals surface area (Å²) in [7, 11) is 0. The third-order valence-corrected chi connectivity index (χ3v) is 3.97. The zero-order valence-electron chi connectivity index (χ0n) is 15.2. The lowest BCUT2D eigenvalue weighted by atomic mass is 10.1. The molecule has 0 unspecified atom stereocenters. The first-order chi connectivity index (χ1) is 13.2. The molecule has 1 aromatic heterocycles. The van der Waals surface area contributed by atoms with Crippen molar-refractivity contribution in [1.82, 2.24) is 25.8 Å². The number of benzene rings is 2. The molecule has 0 aliphatic carbocycles. The van der Waals surface area contributed by atoms with Gasteiger partial charge in [0, 0.05) is 18.7 Å². The summed E-state index contributed by atoms with van der Waals surface area (Å²) in [5, 5.41) is 13.3. The number of hydrogen-bond donors (Lipinski definition) is 3. The number of nitrogens with one attached hydrogen (secondary N) is 3. The number of aromatic nitrogens is 3. The van der Waals surface area contributed by atoms with Crippen LogP contribution in [0, 0.1) is 5.82 Å². The number of aromatic amines is 1. The Hall–Kier alpha value is -3.22. The topological polar surface area (TPSA) is 78.0 Å². The average molecular weight is 366 g/mol. The molecule has 6 nitrogen and oxygen atoms in total. The molecule has 0 saturated heterocycles. The van der Waals surface area contributed by atoms with Gasteiger partial charge in [-0.3, -0.25) is 5.10 Å².